The molecule has 138 valence electrons. The average Bonchev–Trinajstić information content (AvgIpc) is 2.54. The highest BCUT2D eigenvalue weighted by Gasteiger charge is 2.25. The summed E-state index contributed by atoms with van der Waals surface area (Å²) in [6.45, 7) is 8.12. The van der Waals surface area contributed by atoms with Crippen molar-refractivity contribution in [3.8, 4) is 0 Å². The highest BCUT2D eigenvalue weighted by atomic mass is 35.5. The van der Waals surface area contributed by atoms with Gasteiger partial charge in [0, 0.05) is 32.9 Å². The molecule has 24 heavy (non-hydrogen) atoms. The van der Waals surface area contributed by atoms with Crippen molar-refractivity contribution in [3.05, 3.63) is 23.9 Å². The normalized spacial score (nSPS) is 14.4. The molecule has 1 aromatic rings. The number of halogens is 2. The van der Waals surface area contributed by atoms with Gasteiger partial charge in [0.2, 0.25) is 0 Å². The lowest BCUT2D eigenvalue weighted by Crippen LogP contribution is -2.41. The molecule has 0 saturated carbocycles. The number of ether oxygens (including phenoxy) is 1. The minimum absolute atomic E-state index is 0. The van der Waals surface area contributed by atoms with Gasteiger partial charge in [-0.25, -0.2) is 4.98 Å². The largest absolute Gasteiger partial charge is 0.378 e. The van der Waals surface area contributed by atoms with Crippen LogP contribution in [0.2, 0.25) is 0 Å². The second-order valence-electron chi connectivity index (χ2n) is 6.50. The van der Waals surface area contributed by atoms with Crippen molar-refractivity contribution >= 4 is 36.5 Å². The number of nitrogens with zero attached hydrogens (tertiary/aromatic N) is 3. The molecule has 2 heterocycles. The predicted octanol–water partition coefficient (Wildman–Crippen LogP) is 1.82. The van der Waals surface area contributed by atoms with E-state index in [1.807, 2.05) is 13.1 Å². The van der Waals surface area contributed by atoms with Gasteiger partial charge in [-0.2, -0.15) is 0 Å². The van der Waals surface area contributed by atoms with Gasteiger partial charge in [0.1, 0.15) is 5.82 Å². The third kappa shape index (κ3) is 5.77. The third-order valence-electron chi connectivity index (χ3n) is 3.89. The van der Waals surface area contributed by atoms with Crippen molar-refractivity contribution in [2.45, 2.75) is 13.8 Å². The van der Waals surface area contributed by atoms with E-state index in [0.717, 1.165) is 18.9 Å². The summed E-state index contributed by atoms with van der Waals surface area (Å²) in [6.07, 6.45) is 1.73. The van der Waals surface area contributed by atoms with Gasteiger partial charge in [-0.1, -0.05) is 13.8 Å². The Bertz CT molecular complexity index is 523. The third-order valence-corrected chi connectivity index (χ3v) is 3.89. The van der Waals surface area contributed by atoms with E-state index in [-0.39, 0.29) is 36.1 Å². The fraction of sp³-hybridized carbons (Fsp3) is 0.625. The van der Waals surface area contributed by atoms with E-state index in [9.17, 15) is 4.79 Å². The smallest absolute Gasteiger partial charge is 0.257 e. The van der Waals surface area contributed by atoms with Gasteiger partial charge in [-0.15, -0.1) is 24.8 Å². The maximum Gasteiger partial charge on any atom is 0.257 e. The SMILES string of the molecule is CN(CC(C)(C)CN)C(=O)c1cccnc1N1CCOCC1.Cl.Cl. The first-order valence-corrected chi connectivity index (χ1v) is 7.68. The number of carbonyl (C=O) groups excluding carboxylic acids is 1. The highest BCUT2D eigenvalue weighted by molar-refractivity contribution is 5.98. The lowest BCUT2D eigenvalue weighted by atomic mass is 9.93. The summed E-state index contributed by atoms with van der Waals surface area (Å²) in [5.74, 6) is 0.726. The molecule has 1 aliphatic rings. The minimum Gasteiger partial charge on any atom is -0.378 e. The molecule has 1 amide bonds. The van der Waals surface area contributed by atoms with Crippen LogP contribution >= 0.6 is 24.8 Å². The molecular formula is C16H28Cl2N4O2. The molecular weight excluding hydrogens is 351 g/mol. The Labute approximate surface area is 156 Å². The molecule has 1 aromatic heterocycles. The average molecular weight is 379 g/mol. The van der Waals surface area contributed by atoms with E-state index in [2.05, 4.69) is 23.7 Å². The predicted molar refractivity (Wildman–Crippen MR) is 102 cm³/mol. The number of amides is 1. The standard InChI is InChI=1S/C16H26N4O2.2ClH/c1-16(2,11-17)12-19(3)15(21)13-5-4-6-18-14(13)20-7-9-22-10-8-20;;/h4-6H,7-12,17H2,1-3H3;2*1H. The Hall–Kier alpha value is -1.08. The maximum absolute atomic E-state index is 12.8. The summed E-state index contributed by atoms with van der Waals surface area (Å²) in [4.78, 5) is 21.0. The number of nitrogens with two attached hydrogens (primary N) is 1. The molecule has 6 nitrogen and oxygen atoms in total. The Kier molecular flexibility index (Phi) is 9.58. The zero-order chi connectivity index (χ0) is 16.2. The van der Waals surface area contributed by atoms with Gasteiger partial charge in [-0.05, 0) is 24.1 Å². The van der Waals surface area contributed by atoms with Crippen LogP contribution in [0.15, 0.2) is 18.3 Å². The van der Waals surface area contributed by atoms with Gasteiger partial charge >= 0.3 is 0 Å². The van der Waals surface area contributed by atoms with E-state index in [1.54, 1.807) is 17.2 Å². The molecule has 0 unspecified atom stereocenters. The number of morpholine rings is 1. The van der Waals surface area contributed by atoms with Crippen LogP contribution in [0.4, 0.5) is 5.82 Å². The van der Waals surface area contributed by atoms with E-state index < -0.39 is 0 Å². The first kappa shape index (κ1) is 22.9. The van der Waals surface area contributed by atoms with Crippen LogP contribution in [-0.4, -0.2) is 62.2 Å². The molecule has 2 rings (SSSR count). The second kappa shape index (κ2) is 10.0. The van der Waals surface area contributed by atoms with Crippen molar-refractivity contribution in [3.63, 3.8) is 0 Å². The lowest BCUT2D eigenvalue weighted by Gasteiger charge is -2.32. The minimum atomic E-state index is -0.105. The van der Waals surface area contributed by atoms with Crippen molar-refractivity contribution in [2.24, 2.45) is 11.1 Å². The van der Waals surface area contributed by atoms with Crippen molar-refractivity contribution in [2.75, 3.05) is 51.3 Å². The molecule has 0 aromatic carbocycles. The number of hydrogen-bond acceptors (Lipinski definition) is 5. The molecule has 0 radical (unpaired) electrons. The maximum atomic E-state index is 12.8. The number of carbonyl (C=O) groups is 1. The number of pyridine rings is 1. The summed E-state index contributed by atoms with van der Waals surface area (Å²) >= 11 is 0. The zero-order valence-corrected chi connectivity index (χ0v) is 16.2. The van der Waals surface area contributed by atoms with E-state index in [4.69, 9.17) is 10.5 Å². The molecule has 8 heteroatoms. The molecule has 1 saturated heterocycles. The summed E-state index contributed by atoms with van der Waals surface area (Å²) < 4.78 is 5.37. The lowest BCUT2D eigenvalue weighted by molar-refractivity contribution is 0.0739. The summed E-state index contributed by atoms with van der Waals surface area (Å²) in [5.41, 5.74) is 6.30. The quantitative estimate of drug-likeness (QED) is 0.845. The van der Waals surface area contributed by atoms with Crippen molar-refractivity contribution in [1.82, 2.24) is 9.88 Å². The number of aromatic nitrogens is 1. The molecule has 0 aliphatic carbocycles. The van der Waals surface area contributed by atoms with Crippen molar-refractivity contribution in [1.29, 1.82) is 0 Å². The van der Waals surface area contributed by atoms with Gasteiger partial charge in [0.15, 0.2) is 0 Å². The Morgan fingerprint density at radius 1 is 1.38 bits per heavy atom. The first-order chi connectivity index (χ1) is 10.4. The first-order valence-electron chi connectivity index (χ1n) is 7.68. The van der Waals surface area contributed by atoms with Crippen LogP contribution in [0.3, 0.4) is 0 Å². The van der Waals surface area contributed by atoms with Gasteiger partial charge < -0.3 is 20.3 Å². The monoisotopic (exact) mass is 378 g/mol. The number of rotatable bonds is 5. The van der Waals surface area contributed by atoms with E-state index in [0.29, 0.717) is 31.9 Å². The van der Waals surface area contributed by atoms with E-state index >= 15 is 0 Å². The summed E-state index contributed by atoms with van der Waals surface area (Å²) in [6, 6.07) is 3.64. The van der Waals surface area contributed by atoms with Crippen LogP contribution in [0.5, 0.6) is 0 Å². The second-order valence-corrected chi connectivity index (χ2v) is 6.50. The van der Waals surface area contributed by atoms with Crippen LogP contribution < -0.4 is 10.6 Å². The van der Waals surface area contributed by atoms with Crippen LogP contribution in [0, 0.1) is 5.41 Å². The molecule has 1 aliphatic heterocycles. The molecule has 0 atom stereocenters. The van der Waals surface area contributed by atoms with Crippen LogP contribution in [0.1, 0.15) is 24.2 Å². The van der Waals surface area contributed by atoms with Crippen LogP contribution in [0.25, 0.3) is 0 Å². The fourth-order valence-corrected chi connectivity index (χ4v) is 2.58. The Morgan fingerprint density at radius 2 is 2.00 bits per heavy atom. The van der Waals surface area contributed by atoms with Gasteiger partial charge in [-0.3, -0.25) is 4.79 Å². The van der Waals surface area contributed by atoms with Gasteiger partial charge in [0.25, 0.3) is 5.91 Å². The highest BCUT2D eigenvalue weighted by Crippen LogP contribution is 2.22. The Morgan fingerprint density at radius 3 is 2.58 bits per heavy atom. The molecule has 1 fully saturated rings. The topological polar surface area (TPSA) is 71.7 Å². The van der Waals surface area contributed by atoms with Gasteiger partial charge in [0.05, 0.1) is 18.8 Å². The van der Waals surface area contributed by atoms with Crippen LogP contribution in [-0.2, 0) is 4.74 Å². The van der Waals surface area contributed by atoms with E-state index in [1.165, 1.54) is 0 Å². The molecule has 2 N–H and O–H groups in total. The van der Waals surface area contributed by atoms with Crippen molar-refractivity contribution < 1.29 is 9.53 Å². The fourth-order valence-electron chi connectivity index (χ4n) is 2.58. The summed E-state index contributed by atoms with van der Waals surface area (Å²) in [7, 11) is 1.82. The number of anilines is 1. The number of hydrogen-bond donors (Lipinski definition) is 1. The summed E-state index contributed by atoms with van der Waals surface area (Å²) in [5, 5.41) is 0. The Balaban J connectivity index is 0.00000264. The zero-order valence-electron chi connectivity index (χ0n) is 14.5. The molecule has 0 bridgehead atoms. The molecule has 0 spiro atoms.